The molecule has 4 rings (SSSR count). The van der Waals surface area contributed by atoms with Crippen molar-refractivity contribution in [2.24, 2.45) is 11.8 Å². The van der Waals surface area contributed by atoms with Gasteiger partial charge in [-0.15, -0.1) is 0 Å². The molecule has 2 aromatic rings. The molecule has 2 aromatic carbocycles. The molecular formula is C27H32N2O5. The van der Waals surface area contributed by atoms with Gasteiger partial charge in [0.2, 0.25) is 5.91 Å². The summed E-state index contributed by atoms with van der Waals surface area (Å²) < 4.78 is 5.64. The molecule has 2 amide bonds. The van der Waals surface area contributed by atoms with Gasteiger partial charge in [-0.25, -0.2) is 4.79 Å². The third-order valence-electron chi connectivity index (χ3n) is 7.01. The average molecular weight is 465 g/mol. The number of alkyl carbamates (subject to hydrolysis) is 1. The number of ether oxygens (including phenoxy) is 1. The van der Waals surface area contributed by atoms with E-state index in [0.29, 0.717) is 13.0 Å². The Bertz CT molecular complexity index is 1020. The molecule has 0 spiro atoms. The number of likely N-dealkylation sites (tertiary alicyclic amines) is 1. The van der Waals surface area contributed by atoms with E-state index in [1.165, 1.54) is 11.1 Å². The first-order valence-electron chi connectivity index (χ1n) is 12.0. The molecule has 2 aliphatic rings. The van der Waals surface area contributed by atoms with Crippen molar-refractivity contribution in [1.82, 2.24) is 10.2 Å². The van der Waals surface area contributed by atoms with Gasteiger partial charge >= 0.3 is 12.1 Å². The van der Waals surface area contributed by atoms with Gasteiger partial charge in [-0.05, 0) is 34.6 Å². The summed E-state index contributed by atoms with van der Waals surface area (Å²) in [6.07, 6.45) is 1.04. The van der Waals surface area contributed by atoms with E-state index >= 15 is 0 Å². The third-order valence-corrected chi connectivity index (χ3v) is 7.01. The lowest BCUT2D eigenvalue weighted by Crippen LogP contribution is -2.41. The molecule has 1 heterocycles. The van der Waals surface area contributed by atoms with Crippen LogP contribution in [0.5, 0.6) is 0 Å². The number of carboxylic acids is 1. The van der Waals surface area contributed by atoms with Crippen LogP contribution in [0, 0.1) is 11.8 Å². The molecule has 0 radical (unpaired) electrons. The molecule has 0 aromatic heterocycles. The van der Waals surface area contributed by atoms with Gasteiger partial charge in [-0.2, -0.15) is 0 Å². The van der Waals surface area contributed by atoms with Crippen molar-refractivity contribution in [3.8, 4) is 11.1 Å². The topological polar surface area (TPSA) is 95.9 Å². The number of carbonyl (C=O) groups is 3. The highest BCUT2D eigenvalue weighted by Crippen LogP contribution is 2.44. The number of aliphatic carboxylic acids is 1. The Kier molecular flexibility index (Phi) is 7.20. The molecule has 180 valence electrons. The van der Waals surface area contributed by atoms with Crippen molar-refractivity contribution in [3.05, 3.63) is 59.7 Å². The molecule has 2 N–H and O–H groups in total. The summed E-state index contributed by atoms with van der Waals surface area (Å²) >= 11 is 0. The predicted molar refractivity (Wildman–Crippen MR) is 128 cm³/mol. The number of hydrogen-bond donors (Lipinski definition) is 2. The minimum absolute atomic E-state index is 0.0246. The van der Waals surface area contributed by atoms with E-state index in [1.807, 2.05) is 38.1 Å². The second-order valence-electron chi connectivity index (χ2n) is 9.38. The average Bonchev–Trinajstić information content (AvgIpc) is 3.36. The number of rotatable bonds is 8. The highest BCUT2D eigenvalue weighted by molar-refractivity contribution is 5.81. The van der Waals surface area contributed by atoms with Gasteiger partial charge in [0.05, 0.1) is 5.92 Å². The van der Waals surface area contributed by atoms with Crippen molar-refractivity contribution in [3.63, 3.8) is 0 Å². The molecule has 0 saturated carbocycles. The van der Waals surface area contributed by atoms with Crippen LogP contribution in [-0.4, -0.2) is 53.7 Å². The fourth-order valence-electron chi connectivity index (χ4n) is 5.21. The maximum absolute atomic E-state index is 12.8. The Morgan fingerprint density at radius 2 is 1.68 bits per heavy atom. The fourth-order valence-corrected chi connectivity index (χ4v) is 5.21. The fraction of sp³-hybridized carbons (Fsp3) is 0.444. The summed E-state index contributed by atoms with van der Waals surface area (Å²) in [4.78, 5) is 38.5. The number of nitrogens with zero attached hydrogens (tertiary/aromatic N) is 1. The summed E-state index contributed by atoms with van der Waals surface area (Å²) in [6.45, 7) is 4.72. The van der Waals surface area contributed by atoms with Crippen molar-refractivity contribution >= 4 is 18.0 Å². The van der Waals surface area contributed by atoms with Crippen molar-refractivity contribution in [1.29, 1.82) is 0 Å². The molecule has 7 heteroatoms. The van der Waals surface area contributed by atoms with Gasteiger partial charge in [-0.1, -0.05) is 68.8 Å². The van der Waals surface area contributed by atoms with Gasteiger partial charge in [0, 0.05) is 31.5 Å². The Hall–Kier alpha value is -3.35. The lowest BCUT2D eigenvalue weighted by Gasteiger charge is -2.22. The van der Waals surface area contributed by atoms with E-state index < -0.39 is 18.0 Å². The lowest BCUT2D eigenvalue weighted by molar-refractivity contribution is -0.142. The summed E-state index contributed by atoms with van der Waals surface area (Å²) in [7, 11) is 0. The lowest BCUT2D eigenvalue weighted by atomic mass is 9.98. The smallest absolute Gasteiger partial charge is 0.407 e. The summed E-state index contributed by atoms with van der Waals surface area (Å²) in [5.74, 6) is -1.65. The van der Waals surface area contributed by atoms with E-state index in [2.05, 4.69) is 29.6 Å². The van der Waals surface area contributed by atoms with Crippen LogP contribution in [0.3, 0.4) is 0 Å². The van der Waals surface area contributed by atoms with Crippen LogP contribution in [-0.2, 0) is 14.3 Å². The Morgan fingerprint density at radius 3 is 2.24 bits per heavy atom. The molecule has 34 heavy (non-hydrogen) atoms. The number of nitrogens with one attached hydrogen (secondary N) is 1. The van der Waals surface area contributed by atoms with Crippen LogP contribution in [0.15, 0.2) is 48.5 Å². The van der Waals surface area contributed by atoms with Crippen LogP contribution in [0.4, 0.5) is 4.79 Å². The van der Waals surface area contributed by atoms with Gasteiger partial charge in [0.25, 0.3) is 0 Å². The Morgan fingerprint density at radius 1 is 1.06 bits per heavy atom. The summed E-state index contributed by atoms with van der Waals surface area (Å²) in [6, 6.07) is 16.0. The van der Waals surface area contributed by atoms with Crippen molar-refractivity contribution < 1.29 is 24.2 Å². The SMILES string of the molecule is CCCC(CC(=O)N1C[C@@H](C)[C@H](C(=O)O)C1)NC(=O)OCC1c2ccccc2-c2ccccc21. The van der Waals surface area contributed by atoms with E-state index in [-0.39, 0.29) is 43.4 Å². The van der Waals surface area contributed by atoms with Gasteiger partial charge in [0.15, 0.2) is 0 Å². The first-order chi connectivity index (χ1) is 16.4. The van der Waals surface area contributed by atoms with Gasteiger partial charge < -0.3 is 20.1 Å². The number of amides is 2. The highest BCUT2D eigenvalue weighted by atomic mass is 16.5. The maximum atomic E-state index is 12.8. The standard InChI is InChI=1S/C27H32N2O5/c1-3-8-18(13-25(30)29-14-17(2)23(15-29)26(31)32)28-27(33)34-16-24-21-11-6-4-9-19(21)20-10-5-7-12-22(20)24/h4-7,9-12,17-18,23-24H,3,8,13-16H2,1-2H3,(H,28,33)(H,31,32)/t17-,18?,23-/m1/s1. The Labute approximate surface area is 200 Å². The van der Waals surface area contributed by atoms with Crippen LogP contribution in [0.25, 0.3) is 11.1 Å². The number of carboxylic acid groups (broad SMARTS) is 1. The minimum Gasteiger partial charge on any atom is -0.481 e. The van der Waals surface area contributed by atoms with Gasteiger partial charge in [-0.3, -0.25) is 9.59 Å². The molecule has 1 aliphatic heterocycles. The molecule has 1 unspecified atom stereocenters. The molecule has 1 aliphatic carbocycles. The zero-order valence-corrected chi connectivity index (χ0v) is 19.7. The van der Waals surface area contributed by atoms with Crippen molar-refractivity contribution in [2.75, 3.05) is 19.7 Å². The molecular weight excluding hydrogens is 432 g/mol. The summed E-state index contributed by atoms with van der Waals surface area (Å²) in [5, 5.41) is 12.2. The molecule has 1 fully saturated rings. The number of hydrogen-bond acceptors (Lipinski definition) is 4. The van der Waals surface area contributed by atoms with Crippen LogP contribution >= 0.6 is 0 Å². The zero-order chi connectivity index (χ0) is 24.2. The number of carbonyl (C=O) groups excluding carboxylic acids is 2. The van der Waals surface area contributed by atoms with E-state index in [1.54, 1.807) is 4.90 Å². The normalized spacial score (nSPS) is 19.9. The molecule has 1 saturated heterocycles. The molecule has 7 nitrogen and oxygen atoms in total. The predicted octanol–water partition coefficient (Wildman–Crippen LogP) is 4.26. The van der Waals surface area contributed by atoms with Crippen molar-refractivity contribution in [2.45, 2.75) is 45.1 Å². The van der Waals surface area contributed by atoms with Gasteiger partial charge in [0.1, 0.15) is 6.61 Å². The van der Waals surface area contributed by atoms with E-state index in [9.17, 15) is 19.5 Å². The maximum Gasteiger partial charge on any atom is 0.407 e. The largest absolute Gasteiger partial charge is 0.481 e. The zero-order valence-electron chi connectivity index (χ0n) is 19.7. The molecule has 0 bridgehead atoms. The molecule has 3 atom stereocenters. The highest BCUT2D eigenvalue weighted by Gasteiger charge is 2.37. The second kappa shape index (κ2) is 10.3. The van der Waals surface area contributed by atoms with Crippen LogP contribution in [0.2, 0.25) is 0 Å². The monoisotopic (exact) mass is 464 g/mol. The summed E-state index contributed by atoms with van der Waals surface area (Å²) in [5.41, 5.74) is 4.63. The van der Waals surface area contributed by atoms with E-state index in [4.69, 9.17) is 4.74 Å². The minimum atomic E-state index is -0.871. The first-order valence-corrected chi connectivity index (χ1v) is 12.0. The number of fused-ring (bicyclic) bond motifs is 3. The third kappa shape index (κ3) is 4.93. The Balaban J connectivity index is 1.35. The first kappa shape index (κ1) is 23.8. The van der Waals surface area contributed by atoms with Crippen LogP contribution < -0.4 is 5.32 Å². The van der Waals surface area contributed by atoms with Crippen LogP contribution in [0.1, 0.15) is 50.2 Å². The number of benzene rings is 2. The quantitative estimate of drug-likeness (QED) is 0.609. The van der Waals surface area contributed by atoms with E-state index in [0.717, 1.165) is 17.5 Å². The second-order valence-corrected chi connectivity index (χ2v) is 9.38.